The van der Waals surface area contributed by atoms with Crippen molar-refractivity contribution in [2.45, 2.75) is 32.0 Å². The molecule has 120 valence electrons. The van der Waals surface area contributed by atoms with Crippen LogP contribution < -0.4 is 10.1 Å². The summed E-state index contributed by atoms with van der Waals surface area (Å²) < 4.78 is 29.4. The van der Waals surface area contributed by atoms with E-state index in [0.29, 0.717) is 10.5 Å². The molecule has 7 heteroatoms. The number of halogens is 4. The van der Waals surface area contributed by atoms with Gasteiger partial charge in [0.25, 0.3) is 0 Å². The van der Waals surface area contributed by atoms with E-state index in [4.69, 9.17) is 0 Å². The molecule has 0 spiro atoms. The average molecular weight is 386 g/mol. The Morgan fingerprint density at radius 1 is 1.48 bits per heavy atom. The molecule has 1 aromatic carbocycles. The number of rotatable bonds is 5. The van der Waals surface area contributed by atoms with Crippen molar-refractivity contribution < 1.29 is 13.5 Å². The van der Waals surface area contributed by atoms with Gasteiger partial charge in [-0.2, -0.15) is 8.78 Å². The zero-order valence-electron chi connectivity index (χ0n) is 11.8. The highest BCUT2D eigenvalue weighted by Gasteiger charge is 2.18. The Kier molecular flexibility index (Phi) is 7.87. The monoisotopic (exact) mass is 384 g/mol. The van der Waals surface area contributed by atoms with E-state index in [1.165, 1.54) is 12.8 Å². The van der Waals surface area contributed by atoms with Crippen LogP contribution in [0, 0.1) is 0 Å². The SMILES string of the molecule is CNC1CCCN(Cc2ccc(OC(F)F)c(Br)c2)C1.Cl. The summed E-state index contributed by atoms with van der Waals surface area (Å²) in [5.41, 5.74) is 1.09. The van der Waals surface area contributed by atoms with E-state index in [-0.39, 0.29) is 18.2 Å². The number of nitrogens with one attached hydrogen (secondary N) is 1. The van der Waals surface area contributed by atoms with Gasteiger partial charge in [-0.25, -0.2) is 0 Å². The zero-order valence-corrected chi connectivity index (χ0v) is 14.2. The number of nitrogens with zero attached hydrogens (tertiary/aromatic N) is 1. The molecule has 1 saturated heterocycles. The number of benzene rings is 1. The first kappa shape index (κ1) is 18.6. The number of ether oxygens (including phenoxy) is 1. The summed E-state index contributed by atoms with van der Waals surface area (Å²) in [6, 6.07) is 5.81. The Morgan fingerprint density at radius 2 is 2.24 bits per heavy atom. The fraction of sp³-hybridized carbons (Fsp3) is 0.571. The Morgan fingerprint density at radius 3 is 2.86 bits per heavy atom. The van der Waals surface area contributed by atoms with Crippen LogP contribution in [0.4, 0.5) is 8.78 Å². The van der Waals surface area contributed by atoms with Crippen molar-refractivity contribution in [3.05, 3.63) is 28.2 Å². The quantitative estimate of drug-likeness (QED) is 0.837. The van der Waals surface area contributed by atoms with Crippen LogP contribution in [0.1, 0.15) is 18.4 Å². The highest BCUT2D eigenvalue weighted by atomic mass is 79.9. The van der Waals surface area contributed by atoms with Gasteiger partial charge in [0.05, 0.1) is 4.47 Å². The van der Waals surface area contributed by atoms with Gasteiger partial charge in [0, 0.05) is 19.1 Å². The Balaban J connectivity index is 0.00000220. The summed E-state index contributed by atoms with van der Waals surface area (Å²) in [5, 5.41) is 3.31. The largest absolute Gasteiger partial charge is 0.434 e. The molecule has 0 aromatic heterocycles. The minimum absolute atomic E-state index is 0. The second-order valence-corrected chi connectivity index (χ2v) is 5.86. The summed E-state index contributed by atoms with van der Waals surface area (Å²) in [4.78, 5) is 2.38. The summed E-state index contributed by atoms with van der Waals surface area (Å²) in [5.74, 6) is 0.176. The van der Waals surface area contributed by atoms with Crippen LogP contribution >= 0.6 is 28.3 Å². The molecule has 1 unspecified atom stereocenters. The maximum Gasteiger partial charge on any atom is 0.387 e. The number of alkyl halides is 2. The van der Waals surface area contributed by atoms with E-state index in [1.807, 2.05) is 19.2 Å². The number of hydrogen-bond donors (Lipinski definition) is 1. The highest BCUT2D eigenvalue weighted by molar-refractivity contribution is 9.10. The predicted molar refractivity (Wildman–Crippen MR) is 85.4 cm³/mol. The van der Waals surface area contributed by atoms with Crippen molar-refractivity contribution in [2.24, 2.45) is 0 Å². The summed E-state index contributed by atoms with van der Waals surface area (Å²) in [7, 11) is 1.99. The highest BCUT2D eigenvalue weighted by Crippen LogP contribution is 2.28. The summed E-state index contributed by atoms with van der Waals surface area (Å²) >= 11 is 3.28. The van der Waals surface area contributed by atoms with Gasteiger partial charge in [0.15, 0.2) is 0 Å². The van der Waals surface area contributed by atoms with E-state index < -0.39 is 6.61 Å². The van der Waals surface area contributed by atoms with Crippen LogP contribution in [0.15, 0.2) is 22.7 Å². The smallest absolute Gasteiger partial charge is 0.387 e. The molecule has 0 bridgehead atoms. The minimum Gasteiger partial charge on any atom is -0.434 e. The Labute approximate surface area is 138 Å². The molecular weight excluding hydrogens is 366 g/mol. The molecule has 1 atom stereocenters. The Hall–Kier alpha value is -0.430. The maximum absolute atomic E-state index is 12.2. The van der Waals surface area contributed by atoms with Crippen molar-refractivity contribution >= 4 is 28.3 Å². The van der Waals surface area contributed by atoms with Crippen LogP contribution in [0.5, 0.6) is 5.75 Å². The van der Waals surface area contributed by atoms with Gasteiger partial charge >= 0.3 is 6.61 Å². The van der Waals surface area contributed by atoms with Gasteiger partial charge in [-0.1, -0.05) is 6.07 Å². The fourth-order valence-corrected chi connectivity index (χ4v) is 3.05. The van der Waals surface area contributed by atoms with E-state index >= 15 is 0 Å². The third kappa shape index (κ3) is 5.70. The van der Waals surface area contributed by atoms with E-state index in [0.717, 1.165) is 25.2 Å². The third-order valence-corrected chi connectivity index (χ3v) is 4.15. The third-order valence-electron chi connectivity index (χ3n) is 3.53. The molecule has 1 N–H and O–H groups in total. The van der Waals surface area contributed by atoms with Gasteiger partial charge in [0.1, 0.15) is 5.75 Å². The molecule has 1 aliphatic rings. The van der Waals surface area contributed by atoms with Crippen LogP contribution in [0.3, 0.4) is 0 Å². The first-order valence-electron chi connectivity index (χ1n) is 6.71. The molecule has 21 heavy (non-hydrogen) atoms. The van der Waals surface area contributed by atoms with Gasteiger partial charge in [0.2, 0.25) is 0 Å². The lowest BCUT2D eigenvalue weighted by atomic mass is 10.1. The maximum atomic E-state index is 12.2. The van der Waals surface area contributed by atoms with Crippen molar-refractivity contribution in [3.63, 3.8) is 0 Å². The van der Waals surface area contributed by atoms with Crippen molar-refractivity contribution in [3.8, 4) is 5.75 Å². The molecule has 0 amide bonds. The van der Waals surface area contributed by atoms with E-state index in [2.05, 4.69) is 30.9 Å². The number of piperidine rings is 1. The van der Waals surface area contributed by atoms with Crippen LogP contribution in [0.25, 0.3) is 0 Å². The zero-order chi connectivity index (χ0) is 14.5. The molecule has 1 heterocycles. The first-order chi connectivity index (χ1) is 9.58. The van der Waals surface area contributed by atoms with Crippen molar-refractivity contribution in [2.75, 3.05) is 20.1 Å². The second kappa shape index (κ2) is 8.88. The van der Waals surface area contributed by atoms with Crippen molar-refractivity contribution in [1.29, 1.82) is 0 Å². The lowest BCUT2D eigenvalue weighted by molar-refractivity contribution is -0.0503. The van der Waals surface area contributed by atoms with Crippen LogP contribution in [-0.2, 0) is 6.54 Å². The minimum atomic E-state index is -2.80. The van der Waals surface area contributed by atoms with Crippen molar-refractivity contribution in [1.82, 2.24) is 10.2 Å². The van der Waals surface area contributed by atoms with E-state index in [1.54, 1.807) is 6.07 Å². The average Bonchev–Trinajstić information content (AvgIpc) is 2.42. The summed E-state index contributed by atoms with van der Waals surface area (Å²) in [6.45, 7) is 0.121. The lowest BCUT2D eigenvalue weighted by Gasteiger charge is -2.32. The van der Waals surface area contributed by atoms with Crippen LogP contribution in [0.2, 0.25) is 0 Å². The molecule has 1 fully saturated rings. The van der Waals surface area contributed by atoms with Gasteiger partial charge in [-0.3, -0.25) is 4.90 Å². The fourth-order valence-electron chi connectivity index (χ4n) is 2.53. The van der Waals surface area contributed by atoms with Gasteiger partial charge in [-0.15, -0.1) is 12.4 Å². The lowest BCUT2D eigenvalue weighted by Crippen LogP contribution is -2.43. The number of likely N-dealkylation sites (tertiary alicyclic amines) is 1. The second-order valence-electron chi connectivity index (χ2n) is 5.01. The van der Waals surface area contributed by atoms with E-state index in [9.17, 15) is 8.78 Å². The number of hydrogen-bond acceptors (Lipinski definition) is 3. The molecule has 3 nitrogen and oxygen atoms in total. The molecule has 2 rings (SSSR count). The molecular formula is C14H20BrClF2N2O. The first-order valence-corrected chi connectivity index (χ1v) is 7.50. The van der Waals surface area contributed by atoms with Gasteiger partial charge < -0.3 is 10.1 Å². The molecule has 0 radical (unpaired) electrons. The summed E-state index contributed by atoms with van der Waals surface area (Å²) in [6.07, 6.45) is 2.39. The normalized spacial score (nSPS) is 19.4. The predicted octanol–water partition coefficient (Wildman–Crippen LogP) is 3.66. The molecule has 0 saturated carbocycles. The molecule has 0 aliphatic carbocycles. The molecule has 1 aliphatic heterocycles. The number of likely N-dealkylation sites (N-methyl/N-ethyl adjacent to an activating group) is 1. The standard InChI is InChI=1S/C14H19BrF2N2O.ClH/c1-18-11-3-2-6-19(9-11)8-10-4-5-13(12(15)7-10)20-14(16)17;/h4-5,7,11,14,18H,2-3,6,8-9H2,1H3;1H. The van der Waals surface area contributed by atoms with Crippen LogP contribution in [-0.4, -0.2) is 37.7 Å². The Bertz CT molecular complexity index is 451. The topological polar surface area (TPSA) is 24.5 Å². The van der Waals surface area contributed by atoms with Gasteiger partial charge in [-0.05, 0) is 60.1 Å². The molecule has 1 aromatic rings.